The first-order chi connectivity index (χ1) is 12.7. The SMILES string of the molecule is C=CCCCCCCCC(C(=O)O)c1ccc(Nc2ccccc2)cc1. The van der Waals surface area contributed by atoms with Gasteiger partial charge in [-0.1, -0.05) is 62.1 Å². The summed E-state index contributed by atoms with van der Waals surface area (Å²) in [6.45, 7) is 3.73. The zero-order valence-corrected chi connectivity index (χ0v) is 15.4. The summed E-state index contributed by atoms with van der Waals surface area (Å²) >= 11 is 0. The monoisotopic (exact) mass is 351 g/mol. The lowest BCUT2D eigenvalue weighted by atomic mass is 9.93. The molecular formula is C23H29NO2. The molecule has 0 aliphatic rings. The molecule has 3 nitrogen and oxygen atoms in total. The van der Waals surface area contributed by atoms with E-state index in [1.165, 1.54) is 19.3 Å². The number of aliphatic carboxylic acids is 1. The quantitative estimate of drug-likeness (QED) is 0.338. The zero-order chi connectivity index (χ0) is 18.6. The van der Waals surface area contributed by atoms with Crippen molar-refractivity contribution in [1.82, 2.24) is 0 Å². The topological polar surface area (TPSA) is 49.3 Å². The van der Waals surface area contributed by atoms with E-state index in [0.717, 1.165) is 36.2 Å². The fourth-order valence-corrected chi connectivity index (χ4v) is 3.09. The van der Waals surface area contributed by atoms with Crippen LogP contribution in [0.2, 0.25) is 0 Å². The van der Waals surface area contributed by atoms with Crippen LogP contribution in [0, 0.1) is 0 Å². The molecule has 0 aliphatic heterocycles. The molecule has 2 rings (SSSR count). The smallest absolute Gasteiger partial charge is 0.310 e. The Labute approximate surface area is 156 Å². The first-order valence-corrected chi connectivity index (χ1v) is 9.46. The summed E-state index contributed by atoms with van der Waals surface area (Å²) in [6.07, 6.45) is 9.31. The van der Waals surface area contributed by atoms with Crippen LogP contribution in [0.25, 0.3) is 0 Å². The van der Waals surface area contributed by atoms with Crippen molar-refractivity contribution in [3.8, 4) is 0 Å². The number of anilines is 2. The molecule has 0 aromatic heterocycles. The number of carboxylic acids is 1. The van der Waals surface area contributed by atoms with Crippen molar-refractivity contribution in [3.63, 3.8) is 0 Å². The first-order valence-electron chi connectivity index (χ1n) is 9.46. The van der Waals surface area contributed by atoms with Gasteiger partial charge in [0.25, 0.3) is 0 Å². The van der Waals surface area contributed by atoms with Gasteiger partial charge in [-0.2, -0.15) is 0 Å². The van der Waals surface area contributed by atoms with Gasteiger partial charge in [0, 0.05) is 11.4 Å². The molecule has 2 aromatic rings. The van der Waals surface area contributed by atoms with E-state index in [9.17, 15) is 9.90 Å². The number of hydrogen-bond acceptors (Lipinski definition) is 2. The summed E-state index contributed by atoms with van der Waals surface area (Å²) in [6, 6.07) is 17.7. The minimum atomic E-state index is -0.736. The van der Waals surface area contributed by atoms with E-state index < -0.39 is 11.9 Å². The third kappa shape index (κ3) is 6.75. The zero-order valence-electron chi connectivity index (χ0n) is 15.4. The Kier molecular flexibility index (Phi) is 8.47. The number of para-hydroxylation sites is 1. The number of carbonyl (C=O) groups is 1. The molecule has 26 heavy (non-hydrogen) atoms. The third-order valence-electron chi connectivity index (χ3n) is 4.57. The van der Waals surface area contributed by atoms with Crippen molar-refractivity contribution < 1.29 is 9.90 Å². The highest BCUT2D eigenvalue weighted by Crippen LogP contribution is 2.26. The highest BCUT2D eigenvalue weighted by Gasteiger charge is 2.19. The van der Waals surface area contributed by atoms with E-state index in [2.05, 4.69) is 11.9 Å². The maximum atomic E-state index is 11.7. The molecule has 0 radical (unpaired) electrons. The van der Waals surface area contributed by atoms with Gasteiger partial charge in [-0.05, 0) is 49.1 Å². The fourth-order valence-electron chi connectivity index (χ4n) is 3.09. The molecule has 0 spiro atoms. The molecule has 0 saturated carbocycles. The van der Waals surface area contributed by atoms with E-state index in [1.54, 1.807) is 0 Å². The fraction of sp³-hybridized carbons (Fsp3) is 0.348. The number of unbranched alkanes of at least 4 members (excludes halogenated alkanes) is 5. The minimum absolute atomic E-state index is 0.422. The van der Waals surface area contributed by atoms with E-state index in [4.69, 9.17) is 0 Å². The largest absolute Gasteiger partial charge is 0.481 e. The summed E-state index contributed by atoms with van der Waals surface area (Å²) in [4.78, 5) is 11.7. The Morgan fingerprint density at radius 3 is 2.19 bits per heavy atom. The lowest BCUT2D eigenvalue weighted by Crippen LogP contribution is -2.11. The van der Waals surface area contributed by atoms with Crippen LogP contribution < -0.4 is 5.32 Å². The maximum absolute atomic E-state index is 11.7. The molecule has 0 aliphatic carbocycles. The highest BCUT2D eigenvalue weighted by molar-refractivity contribution is 5.76. The normalized spacial score (nSPS) is 11.7. The van der Waals surface area contributed by atoms with Crippen molar-refractivity contribution >= 4 is 17.3 Å². The predicted molar refractivity (Wildman–Crippen MR) is 109 cm³/mol. The van der Waals surface area contributed by atoms with E-state index in [1.807, 2.05) is 60.7 Å². The molecule has 1 unspecified atom stereocenters. The average molecular weight is 351 g/mol. The van der Waals surface area contributed by atoms with E-state index in [0.29, 0.717) is 6.42 Å². The van der Waals surface area contributed by atoms with E-state index >= 15 is 0 Å². The Hall–Kier alpha value is -2.55. The summed E-state index contributed by atoms with van der Waals surface area (Å²) in [5.74, 6) is -1.16. The molecule has 0 amide bonds. The van der Waals surface area contributed by atoms with Crippen molar-refractivity contribution in [3.05, 3.63) is 72.8 Å². The molecule has 3 heteroatoms. The maximum Gasteiger partial charge on any atom is 0.310 e. The molecule has 138 valence electrons. The average Bonchev–Trinajstić information content (AvgIpc) is 2.65. The molecule has 0 fully saturated rings. The number of hydrogen-bond donors (Lipinski definition) is 2. The Balaban J connectivity index is 1.84. The summed E-state index contributed by atoms with van der Waals surface area (Å²) in [7, 11) is 0. The van der Waals surface area contributed by atoms with Crippen LogP contribution in [0.1, 0.15) is 56.4 Å². The van der Waals surface area contributed by atoms with E-state index in [-0.39, 0.29) is 0 Å². The summed E-state index contributed by atoms with van der Waals surface area (Å²) in [5.41, 5.74) is 2.86. The lowest BCUT2D eigenvalue weighted by molar-refractivity contribution is -0.139. The van der Waals surface area contributed by atoms with Crippen molar-refractivity contribution in [1.29, 1.82) is 0 Å². The number of nitrogens with one attached hydrogen (secondary N) is 1. The van der Waals surface area contributed by atoms with Gasteiger partial charge in [0.05, 0.1) is 5.92 Å². The van der Waals surface area contributed by atoms with Crippen LogP contribution in [0.15, 0.2) is 67.3 Å². The van der Waals surface area contributed by atoms with Crippen LogP contribution in [0.5, 0.6) is 0 Å². The molecule has 0 heterocycles. The molecule has 0 bridgehead atoms. The Morgan fingerprint density at radius 1 is 0.923 bits per heavy atom. The molecular weight excluding hydrogens is 322 g/mol. The van der Waals surface area contributed by atoms with Gasteiger partial charge in [-0.25, -0.2) is 0 Å². The number of allylic oxidation sites excluding steroid dienone is 1. The first kappa shape index (κ1) is 19.8. The van der Waals surface area contributed by atoms with Crippen LogP contribution in [0.3, 0.4) is 0 Å². The number of benzene rings is 2. The number of carboxylic acid groups (broad SMARTS) is 1. The lowest BCUT2D eigenvalue weighted by Gasteiger charge is -2.14. The molecule has 2 N–H and O–H groups in total. The van der Waals surface area contributed by atoms with Gasteiger partial charge >= 0.3 is 5.97 Å². The second-order valence-electron chi connectivity index (χ2n) is 6.64. The second-order valence-corrected chi connectivity index (χ2v) is 6.64. The van der Waals surface area contributed by atoms with Crippen molar-refractivity contribution in [2.45, 2.75) is 50.9 Å². The van der Waals surface area contributed by atoms with Gasteiger partial charge in [-0.3, -0.25) is 4.79 Å². The summed E-state index contributed by atoms with van der Waals surface area (Å²) < 4.78 is 0. The standard InChI is InChI=1S/C23H29NO2/c1-2-3-4-5-6-7-11-14-22(23(25)26)19-15-17-21(18-16-19)24-20-12-9-8-10-13-20/h2,8-10,12-13,15-18,22,24H,1,3-7,11,14H2,(H,25,26). The Bertz CT molecular complexity index is 664. The Morgan fingerprint density at radius 2 is 1.54 bits per heavy atom. The van der Waals surface area contributed by atoms with Gasteiger partial charge in [0.1, 0.15) is 0 Å². The van der Waals surface area contributed by atoms with Crippen LogP contribution >= 0.6 is 0 Å². The van der Waals surface area contributed by atoms with Gasteiger partial charge in [0.15, 0.2) is 0 Å². The van der Waals surface area contributed by atoms with Gasteiger partial charge in [-0.15, -0.1) is 6.58 Å². The van der Waals surface area contributed by atoms with Crippen LogP contribution in [0.4, 0.5) is 11.4 Å². The van der Waals surface area contributed by atoms with Crippen molar-refractivity contribution in [2.75, 3.05) is 5.32 Å². The second kappa shape index (κ2) is 11.1. The molecule has 2 aromatic carbocycles. The van der Waals surface area contributed by atoms with Crippen LogP contribution in [-0.2, 0) is 4.79 Å². The molecule has 0 saturated heterocycles. The third-order valence-corrected chi connectivity index (χ3v) is 4.57. The highest BCUT2D eigenvalue weighted by atomic mass is 16.4. The minimum Gasteiger partial charge on any atom is -0.481 e. The van der Waals surface area contributed by atoms with Gasteiger partial charge < -0.3 is 10.4 Å². The van der Waals surface area contributed by atoms with Gasteiger partial charge in [0.2, 0.25) is 0 Å². The van der Waals surface area contributed by atoms with Crippen LogP contribution in [-0.4, -0.2) is 11.1 Å². The van der Waals surface area contributed by atoms with Crippen molar-refractivity contribution in [2.24, 2.45) is 0 Å². The predicted octanol–water partition coefficient (Wildman–Crippen LogP) is 6.52. The molecule has 1 atom stereocenters. The number of rotatable bonds is 12. The summed E-state index contributed by atoms with van der Waals surface area (Å²) in [5, 5.41) is 12.9.